The van der Waals surface area contributed by atoms with Gasteiger partial charge in [0, 0.05) is 12.1 Å². The first-order chi connectivity index (χ1) is 17.7. The Hall–Kier alpha value is -3.92. The first-order valence-corrected chi connectivity index (χ1v) is 12.5. The molecule has 3 aromatic rings. The second-order valence-corrected chi connectivity index (χ2v) is 9.04. The maximum Gasteiger partial charge on any atom is 0.524 e. The van der Waals surface area contributed by atoms with Crippen LogP contribution in [0.4, 0.5) is 5.69 Å². The molecule has 1 fully saturated rings. The lowest BCUT2D eigenvalue weighted by molar-refractivity contribution is -0.135. The van der Waals surface area contributed by atoms with Gasteiger partial charge in [-0.15, -0.1) is 0 Å². The number of β-lactam (4-membered cyclic amide) rings is 1. The number of anilines is 1. The van der Waals surface area contributed by atoms with E-state index in [-0.39, 0.29) is 17.4 Å². The fourth-order valence-electron chi connectivity index (χ4n) is 4.12. The molecule has 1 aliphatic rings. The second kappa shape index (κ2) is 10.6. The van der Waals surface area contributed by atoms with Gasteiger partial charge in [-0.1, -0.05) is 24.3 Å². The molecule has 2 N–H and O–H groups in total. The summed E-state index contributed by atoms with van der Waals surface area (Å²) in [5.41, 5.74) is 0.921. The van der Waals surface area contributed by atoms with Crippen molar-refractivity contribution in [3.05, 3.63) is 66.2 Å². The van der Waals surface area contributed by atoms with Gasteiger partial charge in [-0.2, -0.15) is 0 Å². The summed E-state index contributed by atoms with van der Waals surface area (Å²) in [7, 11) is 0.856. The van der Waals surface area contributed by atoms with Crippen LogP contribution in [0.5, 0.6) is 34.5 Å². The third kappa shape index (κ3) is 5.29. The van der Waals surface area contributed by atoms with Gasteiger partial charge in [0.2, 0.25) is 11.9 Å². The van der Waals surface area contributed by atoms with Crippen molar-refractivity contribution in [3.63, 3.8) is 0 Å². The molecule has 1 aliphatic heterocycles. The third-order valence-corrected chi connectivity index (χ3v) is 6.16. The Balaban J connectivity index is 1.82. The monoisotopic (exact) mass is 531 g/mol. The largest absolute Gasteiger partial charge is 0.524 e. The summed E-state index contributed by atoms with van der Waals surface area (Å²) in [5.74, 6) is 1.10. The van der Waals surface area contributed by atoms with Crippen LogP contribution in [0.3, 0.4) is 0 Å². The van der Waals surface area contributed by atoms with Crippen molar-refractivity contribution in [1.82, 2.24) is 0 Å². The molecule has 1 saturated heterocycles. The lowest BCUT2D eigenvalue weighted by atomic mass is 9.89. The minimum atomic E-state index is -4.89. The molecule has 12 heteroatoms. The van der Waals surface area contributed by atoms with Gasteiger partial charge in [0.05, 0.1) is 34.1 Å². The van der Waals surface area contributed by atoms with Crippen LogP contribution in [0.2, 0.25) is 0 Å². The molecule has 0 spiro atoms. The zero-order chi connectivity index (χ0) is 26.7. The van der Waals surface area contributed by atoms with E-state index < -0.39 is 20.0 Å². The zero-order valence-electron chi connectivity index (χ0n) is 20.5. The minimum Gasteiger partial charge on any atom is -0.493 e. The number of methoxy groups -OCH3 is 4. The van der Waals surface area contributed by atoms with Gasteiger partial charge in [-0.05, 0) is 29.8 Å². The molecule has 37 heavy (non-hydrogen) atoms. The van der Waals surface area contributed by atoms with Crippen LogP contribution in [-0.2, 0) is 9.36 Å². The molecule has 4 rings (SSSR count). The molecule has 2 atom stereocenters. The van der Waals surface area contributed by atoms with Crippen molar-refractivity contribution in [1.29, 1.82) is 0 Å². The van der Waals surface area contributed by atoms with E-state index in [2.05, 4.69) is 0 Å². The standard InChI is InChI=1S/C25H26NO10P/c1-31-18-11-10-15(12-19(18)36-37(28,29)30)22-24(35-17-8-6-5-7-9-17)25(27)26(22)16-13-20(32-2)23(34-4)21(14-16)33-3/h5-14,22,24H,1-4H3,(H2,28,29,30)/t22-,24+/m1/s1. The number of amides is 1. The van der Waals surface area contributed by atoms with Crippen molar-refractivity contribution in [2.45, 2.75) is 12.1 Å². The highest BCUT2D eigenvalue weighted by Crippen LogP contribution is 2.49. The molecule has 0 saturated carbocycles. The summed E-state index contributed by atoms with van der Waals surface area (Å²) in [4.78, 5) is 33.7. The molecule has 196 valence electrons. The van der Waals surface area contributed by atoms with Crippen LogP contribution in [-0.4, -0.2) is 50.2 Å². The molecule has 1 heterocycles. The summed E-state index contributed by atoms with van der Waals surface area (Å²) >= 11 is 0. The number of carbonyl (C=O) groups is 1. The fourth-order valence-corrected chi connectivity index (χ4v) is 4.52. The molecule has 0 bridgehead atoms. The van der Waals surface area contributed by atoms with E-state index in [1.54, 1.807) is 42.5 Å². The molecule has 1 amide bonds. The Morgan fingerprint density at radius 1 is 0.784 bits per heavy atom. The van der Waals surface area contributed by atoms with Crippen LogP contribution >= 0.6 is 7.82 Å². The van der Waals surface area contributed by atoms with Crippen molar-refractivity contribution >= 4 is 19.4 Å². The number of phosphoric acid groups is 1. The van der Waals surface area contributed by atoms with Crippen LogP contribution in [0.15, 0.2) is 60.7 Å². The van der Waals surface area contributed by atoms with Crippen LogP contribution in [0, 0.1) is 0 Å². The summed E-state index contributed by atoms with van der Waals surface area (Å²) in [5, 5.41) is 0. The van der Waals surface area contributed by atoms with Crippen LogP contribution in [0.25, 0.3) is 0 Å². The highest BCUT2D eigenvalue weighted by atomic mass is 31.2. The van der Waals surface area contributed by atoms with Gasteiger partial charge in [-0.25, -0.2) is 4.57 Å². The van der Waals surface area contributed by atoms with Gasteiger partial charge in [0.25, 0.3) is 5.91 Å². The normalized spacial score (nSPS) is 17.0. The average Bonchev–Trinajstić information content (AvgIpc) is 2.89. The molecule has 11 nitrogen and oxygen atoms in total. The van der Waals surface area contributed by atoms with E-state index in [0.717, 1.165) is 0 Å². The quantitative estimate of drug-likeness (QED) is 0.295. The first kappa shape index (κ1) is 26.2. The summed E-state index contributed by atoms with van der Waals surface area (Å²) in [6.07, 6.45) is -0.946. The van der Waals surface area contributed by atoms with Gasteiger partial charge in [-0.3, -0.25) is 19.5 Å². The Morgan fingerprint density at radius 2 is 1.41 bits per heavy atom. The summed E-state index contributed by atoms with van der Waals surface area (Å²) in [6, 6.07) is 15.9. The topological polar surface area (TPSA) is 133 Å². The Labute approximate surface area is 213 Å². The van der Waals surface area contributed by atoms with E-state index in [1.165, 1.54) is 45.5 Å². The average molecular weight is 531 g/mol. The maximum atomic E-state index is 13.4. The van der Waals surface area contributed by atoms with Crippen LogP contribution < -0.4 is 33.1 Å². The Bertz CT molecular complexity index is 1300. The molecule has 0 unspecified atom stereocenters. The lowest BCUT2D eigenvalue weighted by Crippen LogP contribution is -2.61. The summed E-state index contributed by atoms with van der Waals surface area (Å²) in [6.45, 7) is 0. The van der Waals surface area contributed by atoms with E-state index in [4.69, 9.17) is 28.2 Å². The molecular weight excluding hydrogens is 505 g/mol. The van der Waals surface area contributed by atoms with E-state index in [1.807, 2.05) is 6.07 Å². The van der Waals surface area contributed by atoms with Gasteiger partial charge in [0.15, 0.2) is 23.0 Å². The van der Waals surface area contributed by atoms with Gasteiger partial charge in [0.1, 0.15) is 11.8 Å². The number of hydrogen-bond acceptors (Lipinski definition) is 8. The number of carbonyl (C=O) groups excluding carboxylic acids is 1. The molecule has 0 aromatic heterocycles. The molecule has 0 aliphatic carbocycles. The van der Waals surface area contributed by atoms with Gasteiger partial charge < -0.3 is 28.2 Å². The molecule has 0 radical (unpaired) electrons. The fraction of sp³-hybridized carbons (Fsp3) is 0.240. The highest BCUT2D eigenvalue weighted by Gasteiger charge is 2.51. The van der Waals surface area contributed by atoms with E-state index >= 15 is 0 Å². The SMILES string of the molecule is COc1ccc([C@@H]2[C@H](Oc3ccccc3)C(=O)N2c2cc(OC)c(OC)c(OC)c2)cc1OP(=O)(O)O. The molecule has 3 aromatic carbocycles. The van der Waals surface area contributed by atoms with Gasteiger partial charge >= 0.3 is 7.82 Å². The Morgan fingerprint density at radius 3 is 1.95 bits per heavy atom. The number of ether oxygens (including phenoxy) is 5. The minimum absolute atomic E-state index is 0.109. The highest BCUT2D eigenvalue weighted by molar-refractivity contribution is 7.46. The lowest BCUT2D eigenvalue weighted by Gasteiger charge is -2.46. The van der Waals surface area contributed by atoms with Crippen molar-refractivity contribution < 1.29 is 47.4 Å². The van der Waals surface area contributed by atoms with Crippen molar-refractivity contribution in [2.24, 2.45) is 0 Å². The predicted octanol–water partition coefficient (Wildman–Crippen LogP) is 3.73. The maximum absolute atomic E-state index is 13.4. The smallest absolute Gasteiger partial charge is 0.493 e. The zero-order valence-corrected chi connectivity index (χ0v) is 21.4. The number of para-hydroxylation sites is 1. The number of nitrogens with zero attached hydrogens (tertiary/aromatic N) is 1. The number of phosphoric ester groups is 1. The van der Waals surface area contributed by atoms with Crippen molar-refractivity contribution in [3.8, 4) is 34.5 Å². The third-order valence-electron chi connectivity index (χ3n) is 5.73. The number of rotatable bonds is 10. The molecular formula is C25H26NO10P. The first-order valence-electron chi connectivity index (χ1n) is 11.0. The van der Waals surface area contributed by atoms with Crippen LogP contribution in [0.1, 0.15) is 11.6 Å². The van der Waals surface area contributed by atoms with E-state index in [0.29, 0.717) is 34.2 Å². The summed E-state index contributed by atoms with van der Waals surface area (Å²) < 4.78 is 43.9. The Kier molecular flexibility index (Phi) is 7.49. The second-order valence-electron chi connectivity index (χ2n) is 7.88. The number of benzene rings is 3. The van der Waals surface area contributed by atoms with Crippen molar-refractivity contribution in [2.75, 3.05) is 33.3 Å². The predicted molar refractivity (Wildman–Crippen MR) is 133 cm³/mol. The number of hydrogen-bond donors (Lipinski definition) is 2. The van der Waals surface area contributed by atoms with E-state index in [9.17, 15) is 19.1 Å².